The lowest BCUT2D eigenvalue weighted by molar-refractivity contribution is 0.897. The molecule has 0 aromatic heterocycles. The lowest BCUT2D eigenvalue weighted by Crippen LogP contribution is -2.07. The molecular formula is C16H24. The van der Waals surface area contributed by atoms with E-state index in [-0.39, 0.29) is 0 Å². The minimum atomic E-state index is 0.452. The van der Waals surface area contributed by atoms with Gasteiger partial charge < -0.3 is 0 Å². The van der Waals surface area contributed by atoms with Crippen LogP contribution in [0.2, 0.25) is 0 Å². The standard InChI is InChI=1S/C16H24/c1-8-10(3)16-14(7)12(5)11(4)13(6)15(16)9-2/h8,10H,1,9H2,2-7H3. The normalized spacial score (nSPS) is 12.6. The Kier molecular flexibility index (Phi) is 3.96. The van der Waals surface area contributed by atoms with Crippen molar-refractivity contribution in [1.82, 2.24) is 0 Å². The first kappa shape index (κ1) is 13.0. The minimum Gasteiger partial charge on any atom is -0.102 e. The van der Waals surface area contributed by atoms with Gasteiger partial charge in [0.25, 0.3) is 0 Å². The summed E-state index contributed by atoms with van der Waals surface area (Å²) >= 11 is 0. The van der Waals surface area contributed by atoms with E-state index in [9.17, 15) is 0 Å². The number of hydrogen-bond acceptors (Lipinski definition) is 0. The molecule has 0 bridgehead atoms. The van der Waals surface area contributed by atoms with Crippen LogP contribution in [-0.2, 0) is 6.42 Å². The minimum absolute atomic E-state index is 0.452. The second-order valence-corrected chi connectivity index (χ2v) is 4.77. The van der Waals surface area contributed by atoms with Gasteiger partial charge in [0.15, 0.2) is 0 Å². The van der Waals surface area contributed by atoms with Crippen LogP contribution in [0, 0.1) is 27.7 Å². The fourth-order valence-electron chi connectivity index (χ4n) is 2.61. The highest BCUT2D eigenvalue weighted by Gasteiger charge is 2.16. The summed E-state index contributed by atoms with van der Waals surface area (Å²) in [5.74, 6) is 0.452. The molecule has 0 nitrogen and oxygen atoms in total. The van der Waals surface area contributed by atoms with Gasteiger partial charge >= 0.3 is 0 Å². The maximum absolute atomic E-state index is 3.94. The summed E-state index contributed by atoms with van der Waals surface area (Å²) in [6.07, 6.45) is 3.16. The fraction of sp³-hybridized carbons (Fsp3) is 0.500. The predicted molar refractivity (Wildman–Crippen MR) is 73.4 cm³/mol. The highest BCUT2D eigenvalue weighted by molar-refractivity contribution is 5.52. The van der Waals surface area contributed by atoms with Crippen LogP contribution in [0.4, 0.5) is 0 Å². The van der Waals surface area contributed by atoms with E-state index in [1.807, 2.05) is 0 Å². The van der Waals surface area contributed by atoms with E-state index >= 15 is 0 Å². The topological polar surface area (TPSA) is 0 Å². The molecule has 0 radical (unpaired) electrons. The van der Waals surface area contributed by atoms with Gasteiger partial charge in [-0.15, -0.1) is 6.58 Å². The van der Waals surface area contributed by atoms with Crippen molar-refractivity contribution in [1.29, 1.82) is 0 Å². The Bertz CT molecular complexity index is 411. The van der Waals surface area contributed by atoms with E-state index in [1.165, 1.54) is 33.4 Å². The highest BCUT2D eigenvalue weighted by Crippen LogP contribution is 2.32. The van der Waals surface area contributed by atoms with Crippen LogP contribution < -0.4 is 0 Å². The molecule has 1 atom stereocenters. The zero-order valence-electron chi connectivity index (χ0n) is 11.6. The Morgan fingerprint density at radius 1 is 1.00 bits per heavy atom. The second-order valence-electron chi connectivity index (χ2n) is 4.77. The SMILES string of the molecule is C=CC(C)c1c(C)c(C)c(C)c(C)c1CC. The smallest absolute Gasteiger partial charge is 0.000756 e. The largest absolute Gasteiger partial charge is 0.102 e. The first-order valence-electron chi connectivity index (χ1n) is 6.17. The van der Waals surface area contributed by atoms with Crippen molar-refractivity contribution in [2.75, 3.05) is 0 Å². The molecule has 0 heterocycles. The molecule has 0 heteroatoms. The molecule has 0 amide bonds. The molecule has 0 aliphatic heterocycles. The summed E-state index contributed by atoms with van der Waals surface area (Å²) in [7, 11) is 0. The van der Waals surface area contributed by atoms with Gasteiger partial charge in [0.1, 0.15) is 0 Å². The van der Waals surface area contributed by atoms with Crippen LogP contribution in [-0.4, -0.2) is 0 Å². The highest BCUT2D eigenvalue weighted by atomic mass is 14.2. The third-order valence-electron chi connectivity index (χ3n) is 4.03. The summed E-state index contributed by atoms with van der Waals surface area (Å²) in [5, 5.41) is 0. The van der Waals surface area contributed by atoms with Crippen LogP contribution in [0.25, 0.3) is 0 Å². The van der Waals surface area contributed by atoms with Crippen LogP contribution in [0.3, 0.4) is 0 Å². The summed E-state index contributed by atoms with van der Waals surface area (Å²) in [4.78, 5) is 0. The van der Waals surface area contributed by atoms with Gasteiger partial charge in [-0.05, 0) is 73.4 Å². The van der Waals surface area contributed by atoms with Crippen molar-refractivity contribution in [3.63, 3.8) is 0 Å². The van der Waals surface area contributed by atoms with E-state index in [1.54, 1.807) is 0 Å². The number of hydrogen-bond donors (Lipinski definition) is 0. The third-order valence-corrected chi connectivity index (χ3v) is 4.03. The Morgan fingerprint density at radius 2 is 1.50 bits per heavy atom. The molecule has 1 aromatic rings. The van der Waals surface area contributed by atoms with E-state index < -0.39 is 0 Å². The first-order valence-corrected chi connectivity index (χ1v) is 6.17. The van der Waals surface area contributed by atoms with Gasteiger partial charge in [-0.2, -0.15) is 0 Å². The molecule has 0 saturated carbocycles. The van der Waals surface area contributed by atoms with Gasteiger partial charge in [0.05, 0.1) is 0 Å². The van der Waals surface area contributed by atoms with Gasteiger partial charge in [-0.3, -0.25) is 0 Å². The average Bonchev–Trinajstić information content (AvgIpc) is 2.29. The zero-order valence-corrected chi connectivity index (χ0v) is 11.6. The quantitative estimate of drug-likeness (QED) is 0.638. The Balaban J connectivity index is 3.63. The molecular weight excluding hydrogens is 192 g/mol. The maximum atomic E-state index is 3.94. The van der Waals surface area contributed by atoms with Crippen molar-refractivity contribution in [2.24, 2.45) is 0 Å². The van der Waals surface area contributed by atoms with Gasteiger partial charge in [-0.25, -0.2) is 0 Å². The molecule has 0 aliphatic carbocycles. The average molecular weight is 216 g/mol. The van der Waals surface area contributed by atoms with Crippen LogP contribution in [0.5, 0.6) is 0 Å². The Morgan fingerprint density at radius 3 is 1.94 bits per heavy atom. The van der Waals surface area contributed by atoms with Crippen molar-refractivity contribution in [3.05, 3.63) is 46.0 Å². The van der Waals surface area contributed by atoms with Crippen molar-refractivity contribution in [2.45, 2.75) is 53.9 Å². The second kappa shape index (κ2) is 4.86. The van der Waals surface area contributed by atoms with E-state index in [0.29, 0.717) is 5.92 Å². The van der Waals surface area contributed by atoms with Gasteiger partial charge in [-0.1, -0.05) is 19.9 Å². The molecule has 0 saturated heterocycles. The monoisotopic (exact) mass is 216 g/mol. The molecule has 0 fully saturated rings. The summed E-state index contributed by atoms with van der Waals surface area (Å²) < 4.78 is 0. The van der Waals surface area contributed by atoms with Crippen molar-refractivity contribution < 1.29 is 0 Å². The molecule has 0 N–H and O–H groups in total. The van der Waals surface area contributed by atoms with Gasteiger partial charge in [0, 0.05) is 0 Å². The molecule has 0 spiro atoms. The van der Waals surface area contributed by atoms with Crippen LogP contribution in [0.15, 0.2) is 12.7 Å². The Hall–Kier alpha value is -1.04. The molecule has 1 rings (SSSR count). The van der Waals surface area contributed by atoms with E-state index in [2.05, 4.69) is 54.2 Å². The van der Waals surface area contributed by atoms with Crippen LogP contribution >= 0.6 is 0 Å². The van der Waals surface area contributed by atoms with Gasteiger partial charge in [0.2, 0.25) is 0 Å². The lowest BCUT2D eigenvalue weighted by Gasteiger charge is -2.22. The number of allylic oxidation sites excluding steroid dienone is 1. The fourth-order valence-corrected chi connectivity index (χ4v) is 2.61. The summed E-state index contributed by atoms with van der Waals surface area (Å²) in [5.41, 5.74) is 8.83. The predicted octanol–water partition coefficient (Wildman–Crippen LogP) is 4.77. The third kappa shape index (κ3) is 1.93. The van der Waals surface area contributed by atoms with E-state index in [0.717, 1.165) is 6.42 Å². The zero-order chi connectivity index (χ0) is 12.5. The van der Waals surface area contributed by atoms with Crippen molar-refractivity contribution in [3.8, 4) is 0 Å². The summed E-state index contributed by atoms with van der Waals surface area (Å²) in [6, 6.07) is 0. The van der Waals surface area contributed by atoms with E-state index in [4.69, 9.17) is 0 Å². The summed E-state index contributed by atoms with van der Waals surface area (Å²) in [6.45, 7) is 17.4. The Labute approximate surface area is 100 Å². The molecule has 16 heavy (non-hydrogen) atoms. The molecule has 1 aromatic carbocycles. The molecule has 88 valence electrons. The molecule has 0 aliphatic rings. The lowest BCUT2D eigenvalue weighted by atomic mass is 9.82. The number of benzene rings is 1. The van der Waals surface area contributed by atoms with Crippen molar-refractivity contribution >= 4 is 0 Å². The first-order chi connectivity index (χ1) is 7.45. The van der Waals surface area contributed by atoms with Crippen LogP contribution in [0.1, 0.15) is 53.1 Å². The maximum Gasteiger partial charge on any atom is -0.000756 e. The molecule has 1 unspecified atom stereocenters. The number of rotatable bonds is 3.